The fraction of sp³-hybridized carbons (Fsp3) is 0.647. The van der Waals surface area contributed by atoms with E-state index < -0.39 is 0 Å². The lowest BCUT2D eigenvalue weighted by molar-refractivity contribution is 0.470. The number of nitrogens with zero attached hydrogens (tertiary/aromatic N) is 1. The fourth-order valence-electron chi connectivity index (χ4n) is 2.22. The third-order valence-corrected chi connectivity index (χ3v) is 4.65. The maximum atomic E-state index is 3.59. The van der Waals surface area contributed by atoms with Crippen LogP contribution in [0.15, 0.2) is 18.2 Å². The molecule has 2 nitrogen and oxygen atoms in total. The highest BCUT2D eigenvalue weighted by atomic mass is 15.2. The van der Waals surface area contributed by atoms with E-state index in [2.05, 4.69) is 63.2 Å². The standard InChI is InChI=1S/C17H28N2/c1-6-17(3,4)19(5)16-10-7-14(13(2)11-16)12-18-15-8-9-15/h7,10-11,15,18H,6,8-9,12H2,1-5H3. The van der Waals surface area contributed by atoms with Crippen LogP contribution in [-0.4, -0.2) is 18.6 Å². The molecule has 1 aromatic rings. The molecule has 0 bridgehead atoms. The molecule has 0 aromatic heterocycles. The maximum absolute atomic E-state index is 3.59. The van der Waals surface area contributed by atoms with Gasteiger partial charge in [0.15, 0.2) is 0 Å². The topological polar surface area (TPSA) is 15.3 Å². The van der Waals surface area contributed by atoms with Gasteiger partial charge in [-0.3, -0.25) is 0 Å². The quantitative estimate of drug-likeness (QED) is 0.835. The predicted octanol–water partition coefficient (Wildman–Crippen LogP) is 3.87. The van der Waals surface area contributed by atoms with Gasteiger partial charge in [-0.1, -0.05) is 13.0 Å². The monoisotopic (exact) mass is 260 g/mol. The molecule has 1 saturated carbocycles. The average molecular weight is 260 g/mol. The molecule has 0 spiro atoms. The summed E-state index contributed by atoms with van der Waals surface area (Å²) in [4.78, 5) is 2.39. The van der Waals surface area contributed by atoms with Gasteiger partial charge in [0.1, 0.15) is 0 Å². The van der Waals surface area contributed by atoms with Gasteiger partial charge in [0.05, 0.1) is 0 Å². The Hall–Kier alpha value is -1.02. The Morgan fingerprint density at radius 2 is 2.00 bits per heavy atom. The first-order valence-electron chi connectivity index (χ1n) is 7.51. The third-order valence-electron chi connectivity index (χ3n) is 4.65. The van der Waals surface area contributed by atoms with Crippen molar-refractivity contribution in [3.05, 3.63) is 29.3 Å². The maximum Gasteiger partial charge on any atom is 0.0370 e. The largest absolute Gasteiger partial charge is 0.369 e. The van der Waals surface area contributed by atoms with Crippen LogP contribution in [0.3, 0.4) is 0 Å². The molecule has 0 aliphatic heterocycles. The van der Waals surface area contributed by atoms with Crippen molar-refractivity contribution in [1.82, 2.24) is 5.32 Å². The van der Waals surface area contributed by atoms with E-state index >= 15 is 0 Å². The number of rotatable bonds is 6. The summed E-state index contributed by atoms with van der Waals surface area (Å²) in [5.41, 5.74) is 4.35. The van der Waals surface area contributed by atoms with E-state index in [1.807, 2.05) is 0 Å². The molecule has 1 aliphatic carbocycles. The molecule has 0 atom stereocenters. The molecule has 2 heteroatoms. The predicted molar refractivity (Wildman–Crippen MR) is 83.8 cm³/mol. The molecule has 0 unspecified atom stereocenters. The minimum Gasteiger partial charge on any atom is -0.369 e. The van der Waals surface area contributed by atoms with Crippen molar-refractivity contribution in [2.75, 3.05) is 11.9 Å². The zero-order valence-corrected chi connectivity index (χ0v) is 13.1. The smallest absolute Gasteiger partial charge is 0.0370 e. The van der Waals surface area contributed by atoms with Crippen LogP contribution in [0.1, 0.15) is 51.2 Å². The summed E-state index contributed by atoms with van der Waals surface area (Å²) >= 11 is 0. The Kier molecular flexibility index (Phi) is 4.19. The molecular formula is C17H28N2. The van der Waals surface area contributed by atoms with Crippen LogP contribution in [0, 0.1) is 6.92 Å². The first-order chi connectivity index (χ1) is 8.94. The zero-order chi connectivity index (χ0) is 14.0. The van der Waals surface area contributed by atoms with E-state index in [-0.39, 0.29) is 5.54 Å². The SMILES string of the molecule is CCC(C)(C)N(C)c1ccc(CNC2CC2)c(C)c1. The molecule has 1 aliphatic rings. The van der Waals surface area contributed by atoms with Crippen molar-refractivity contribution in [3.8, 4) is 0 Å². The zero-order valence-electron chi connectivity index (χ0n) is 13.1. The molecular weight excluding hydrogens is 232 g/mol. The number of nitrogens with one attached hydrogen (secondary N) is 1. The van der Waals surface area contributed by atoms with Gasteiger partial charge in [0.2, 0.25) is 0 Å². The van der Waals surface area contributed by atoms with Crippen LogP contribution in [0.25, 0.3) is 0 Å². The number of anilines is 1. The first kappa shape index (κ1) is 14.4. The summed E-state index contributed by atoms with van der Waals surface area (Å²) in [5, 5.41) is 3.59. The minimum absolute atomic E-state index is 0.209. The lowest BCUT2D eigenvalue weighted by atomic mass is 9.98. The molecule has 1 N–H and O–H groups in total. The summed E-state index contributed by atoms with van der Waals surface area (Å²) < 4.78 is 0. The van der Waals surface area contributed by atoms with Gasteiger partial charge in [-0.2, -0.15) is 0 Å². The Labute approximate surface area is 118 Å². The van der Waals surface area contributed by atoms with Gasteiger partial charge in [-0.05, 0) is 63.3 Å². The first-order valence-corrected chi connectivity index (χ1v) is 7.51. The normalized spacial score (nSPS) is 15.6. The van der Waals surface area contributed by atoms with Gasteiger partial charge in [-0.15, -0.1) is 0 Å². The fourth-order valence-corrected chi connectivity index (χ4v) is 2.22. The van der Waals surface area contributed by atoms with Gasteiger partial charge in [0.25, 0.3) is 0 Å². The van der Waals surface area contributed by atoms with Crippen LogP contribution in [0.2, 0.25) is 0 Å². The second-order valence-corrected chi connectivity index (χ2v) is 6.49. The van der Waals surface area contributed by atoms with Crippen molar-refractivity contribution in [1.29, 1.82) is 0 Å². The van der Waals surface area contributed by atoms with E-state index in [0.717, 1.165) is 19.0 Å². The van der Waals surface area contributed by atoms with Crippen molar-refractivity contribution >= 4 is 5.69 Å². The molecule has 19 heavy (non-hydrogen) atoms. The van der Waals surface area contributed by atoms with Crippen LogP contribution in [0.5, 0.6) is 0 Å². The van der Waals surface area contributed by atoms with Crippen LogP contribution in [-0.2, 0) is 6.54 Å². The summed E-state index contributed by atoms with van der Waals surface area (Å²) in [6.07, 6.45) is 3.85. The minimum atomic E-state index is 0.209. The molecule has 0 saturated heterocycles. The highest BCUT2D eigenvalue weighted by molar-refractivity contribution is 5.52. The Bertz CT molecular complexity index is 433. The average Bonchev–Trinajstić information content (AvgIpc) is 3.20. The summed E-state index contributed by atoms with van der Waals surface area (Å²) in [7, 11) is 2.19. The van der Waals surface area contributed by atoms with E-state index in [1.54, 1.807) is 0 Å². The highest BCUT2D eigenvalue weighted by Gasteiger charge is 2.22. The molecule has 0 heterocycles. The van der Waals surface area contributed by atoms with E-state index in [4.69, 9.17) is 0 Å². The van der Waals surface area contributed by atoms with Crippen molar-refractivity contribution < 1.29 is 0 Å². The second kappa shape index (κ2) is 5.54. The summed E-state index contributed by atoms with van der Waals surface area (Å²) in [6, 6.07) is 7.64. The number of benzene rings is 1. The molecule has 106 valence electrons. The van der Waals surface area contributed by atoms with Crippen molar-refractivity contribution in [3.63, 3.8) is 0 Å². The van der Waals surface area contributed by atoms with Crippen molar-refractivity contribution in [2.45, 2.75) is 65.1 Å². The number of hydrogen-bond acceptors (Lipinski definition) is 2. The van der Waals surface area contributed by atoms with Crippen molar-refractivity contribution in [2.24, 2.45) is 0 Å². The summed E-state index contributed by atoms with van der Waals surface area (Å²) in [5.74, 6) is 0. The van der Waals surface area contributed by atoms with Crippen LogP contribution < -0.4 is 10.2 Å². The van der Waals surface area contributed by atoms with Gasteiger partial charge in [-0.25, -0.2) is 0 Å². The van der Waals surface area contributed by atoms with Crippen LogP contribution in [0.4, 0.5) is 5.69 Å². The molecule has 1 fully saturated rings. The lowest BCUT2D eigenvalue weighted by Gasteiger charge is -2.37. The van der Waals surface area contributed by atoms with E-state index in [1.165, 1.54) is 29.7 Å². The van der Waals surface area contributed by atoms with Crippen LogP contribution >= 0.6 is 0 Å². The Balaban J connectivity index is 2.08. The van der Waals surface area contributed by atoms with E-state index in [0.29, 0.717) is 0 Å². The second-order valence-electron chi connectivity index (χ2n) is 6.49. The summed E-state index contributed by atoms with van der Waals surface area (Å²) in [6.45, 7) is 10.1. The molecule has 2 rings (SSSR count). The Morgan fingerprint density at radius 1 is 1.32 bits per heavy atom. The van der Waals surface area contributed by atoms with Gasteiger partial charge >= 0.3 is 0 Å². The van der Waals surface area contributed by atoms with E-state index in [9.17, 15) is 0 Å². The number of aryl methyl sites for hydroxylation is 1. The third kappa shape index (κ3) is 3.50. The Morgan fingerprint density at radius 3 is 2.53 bits per heavy atom. The highest BCUT2D eigenvalue weighted by Crippen LogP contribution is 2.27. The number of hydrogen-bond donors (Lipinski definition) is 1. The molecule has 1 aromatic carbocycles. The molecule has 0 amide bonds. The van der Waals surface area contributed by atoms with Gasteiger partial charge < -0.3 is 10.2 Å². The van der Waals surface area contributed by atoms with Gasteiger partial charge in [0, 0.05) is 30.9 Å². The lowest BCUT2D eigenvalue weighted by Crippen LogP contribution is -2.40. The molecule has 0 radical (unpaired) electrons.